The lowest BCUT2D eigenvalue weighted by atomic mass is 10.1. The zero-order valence-corrected chi connectivity index (χ0v) is 11.4. The first-order valence-electron chi connectivity index (χ1n) is 6.49. The average Bonchev–Trinajstić information content (AvgIpc) is 2.70. The molecule has 1 aromatic carbocycles. The van der Waals surface area contributed by atoms with Crippen molar-refractivity contribution in [1.82, 2.24) is 5.32 Å². The molecule has 8 nitrogen and oxygen atoms in total. The number of amides is 1. The van der Waals surface area contributed by atoms with Gasteiger partial charge in [0.25, 0.3) is 17.4 Å². The first-order valence-corrected chi connectivity index (χ1v) is 6.49. The first kappa shape index (κ1) is 15.1. The highest BCUT2D eigenvalue weighted by molar-refractivity contribution is 6.52. The molecule has 2 N–H and O–H groups in total. The number of aliphatic hydroxyl groups excluding tert-OH is 1. The lowest BCUT2D eigenvalue weighted by molar-refractivity contribution is -0.384. The third kappa shape index (κ3) is 2.91. The van der Waals surface area contributed by atoms with E-state index in [4.69, 9.17) is 0 Å². The van der Waals surface area contributed by atoms with Gasteiger partial charge in [0.1, 0.15) is 0 Å². The number of Topliss-reactive ketones (excluding diaryl/α,β-unsaturated/α-hetero) is 1. The van der Waals surface area contributed by atoms with E-state index in [9.17, 15) is 24.8 Å². The highest BCUT2D eigenvalue weighted by Crippen LogP contribution is 2.31. The number of hydrogen-bond acceptors (Lipinski definition) is 6. The van der Waals surface area contributed by atoms with Crippen LogP contribution in [-0.4, -0.2) is 47.5 Å². The van der Waals surface area contributed by atoms with Crippen LogP contribution in [0.1, 0.15) is 17.3 Å². The molecule has 1 aromatic rings. The summed E-state index contributed by atoms with van der Waals surface area (Å²) in [5.74, 6) is -1.56. The van der Waals surface area contributed by atoms with Crippen LogP contribution in [0.15, 0.2) is 18.2 Å². The molecule has 1 unspecified atom stereocenters. The quantitative estimate of drug-likeness (QED) is 0.437. The van der Waals surface area contributed by atoms with Crippen molar-refractivity contribution < 1.29 is 19.6 Å². The van der Waals surface area contributed by atoms with Gasteiger partial charge in [-0.2, -0.15) is 0 Å². The number of anilines is 1. The number of rotatable bonds is 6. The normalized spacial score (nSPS) is 15.2. The number of nitrogens with one attached hydrogen (secondary N) is 1. The third-order valence-corrected chi connectivity index (χ3v) is 3.19. The van der Waals surface area contributed by atoms with Crippen molar-refractivity contribution in [3.05, 3.63) is 33.9 Å². The SMILES string of the molecule is CCNCC(O)CN1C(=O)C(=O)c2cc([N+](=O)[O-])ccc21. The van der Waals surface area contributed by atoms with E-state index in [1.807, 2.05) is 6.92 Å². The second kappa shape index (κ2) is 5.98. The first-order chi connectivity index (χ1) is 9.95. The average molecular weight is 293 g/mol. The minimum atomic E-state index is -0.831. The number of fused-ring (bicyclic) bond motifs is 1. The molecule has 0 aliphatic carbocycles. The number of nitro benzene ring substituents is 1. The summed E-state index contributed by atoms with van der Waals surface area (Å²) in [5, 5.41) is 23.5. The molecule has 1 aliphatic heterocycles. The number of β-amino-alcohol motifs (C(OH)–C–C–N with tert-alkyl or cyclic N) is 1. The van der Waals surface area contributed by atoms with Gasteiger partial charge < -0.3 is 15.3 Å². The van der Waals surface area contributed by atoms with E-state index < -0.39 is 22.7 Å². The van der Waals surface area contributed by atoms with Crippen molar-refractivity contribution in [3.63, 3.8) is 0 Å². The minimum absolute atomic E-state index is 0.00449. The molecule has 21 heavy (non-hydrogen) atoms. The number of carbonyl (C=O) groups is 2. The van der Waals surface area contributed by atoms with E-state index in [1.54, 1.807) is 0 Å². The number of nitro groups is 1. The fourth-order valence-corrected chi connectivity index (χ4v) is 2.17. The van der Waals surface area contributed by atoms with Gasteiger partial charge in [0.15, 0.2) is 0 Å². The van der Waals surface area contributed by atoms with Crippen LogP contribution in [0.4, 0.5) is 11.4 Å². The van der Waals surface area contributed by atoms with Crippen LogP contribution >= 0.6 is 0 Å². The number of ketones is 1. The predicted octanol–water partition coefficient (Wildman–Crippen LogP) is 0.0945. The lowest BCUT2D eigenvalue weighted by Gasteiger charge is -2.20. The molecule has 0 spiro atoms. The zero-order valence-electron chi connectivity index (χ0n) is 11.4. The van der Waals surface area contributed by atoms with Crippen molar-refractivity contribution in [2.45, 2.75) is 13.0 Å². The van der Waals surface area contributed by atoms with Crippen LogP contribution in [0.2, 0.25) is 0 Å². The lowest BCUT2D eigenvalue weighted by Crippen LogP contribution is -2.40. The molecule has 112 valence electrons. The second-order valence-electron chi connectivity index (χ2n) is 4.66. The van der Waals surface area contributed by atoms with Crippen LogP contribution < -0.4 is 10.2 Å². The molecule has 0 aromatic heterocycles. The molecule has 8 heteroatoms. The maximum Gasteiger partial charge on any atom is 0.299 e. The number of carbonyl (C=O) groups excluding carboxylic acids is 2. The van der Waals surface area contributed by atoms with Gasteiger partial charge >= 0.3 is 0 Å². The summed E-state index contributed by atoms with van der Waals surface area (Å²) in [6.45, 7) is 2.80. The summed E-state index contributed by atoms with van der Waals surface area (Å²) in [5.41, 5.74) is 0.0564. The summed E-state index contributed by atoms with van der Waals surface area (Å²) in [4.78, 5) is 35.0. The molecule has 0 saturated heterocycles. The number of benzene rings is 1. The number of hydrogen-bond donors (Lipinski definition) is 2. The third-order valence-electron chi connectivity index (χ3n) is 3.19. The molecule has 0 saturated carbocycles. The van der Waals surface area contributed by atoms with Gasteiger partial charge in [-0.05, 0) is 12.6 Å². The predicted molar refractivity (Wildman–Crippen MR) is 74.3 cm³/mol. The Labute approximate surface area is 120 Å². The molecule has 0 fully saturated rings. The highest BCUT2D eigenvalue weighted by atomic mass is 16.6. The topological polar surface area (TPSA) is 113 Å². The molecule has 0 bridgehead atoms. The van der Waals surface area contributed by atoms with Gasteiger partial charge in [0.05, 0.1) is 28.8 Å². The number of likely N-dealkylation sites (N-methyl/N-ethyl adjacent to an activating group) is 1. The van der Waals surface area contributed by atoms with Gasteiger partial charge in [0, 0.05) is 18.7 Å². The Morgan fingerprint density at radius 2 is 2.14 bits per heavy atom. The van der Waals surface area contributed by atoms with Crippen LogP contribution in [-0.2, 0) is 4.79 Å². The van der Waals surface area contributed by atoms with Gasteiger partial charge in [-0.25, -0.2) is 0 Å². The van der Waals surface area contributed by atoms with Crippen molar-refractivity contribution in [3.8, 4) is 0 Å². The van der Waals surface area contributed by atoms with E-state index in [0.29, 0.717) is 12.2 Å². The van der Waals surface area contributed by atoms with Gasteiger partial charge in [0.2, 0.25) is 0 Å². The Bertz CT molecular complexity index is 601. The van der Waals surface area contributed by atoms with E-state index in [2.05, 4.69) is 5.32 Å². The monoisotopic (exact) mass is 293 g/mol. The van der Waals surface area contributed by atoms with E-state index >= 15 is 0 Å². The molecular weight excluding hydrogens is 278 g/mol. The molecule has 2 rings (SSSR count). The van der Waals surface area contributed by atoms with Crippen molar-refractivity contribution in [2.75, 3.05) is 24.5 Å². The van der Waals surface area contributed by atoms with Gasteiger partial charge in [-0.3, -0.25) is 19.7 Å². The smallest absolute Gasteiger partial charge is 0.299 e. The Morgan fingerprint density at radius 1 is 1.43 bits per heavy atom. The molecular formula is C13H15N3O5. The largest absolute Gasteiger partial charge is 0.390 e. The van der Waals surface area contributed by atoms with E-state index in [0.717, 1.165) is 11.0 Å². The Balaban J connectivity index is 2.25. The zero-order chi connectivity index (χ0) is 15.6. The number of non-ortho nitro benzene ring substituents is 1. The van der Waals surface area contributed by atoms with Crippen molar-refractivity contribution in [2.24, 2.45) is 0 Å². The molecule has 1 heterocycles. The van der Waals surface area contributed by atoms with Crippen LogP contribution in [0, 0.1) is 10.1 Å². The second-order valence-corrected chi connectivity index (χ2v) is 4.66. The minimum Gasteiger partial charge on any atom is -0.390 e. The summed E-state index contributed by atoms with van der Waals surface area (Å²) < 4.78 is 0. The Kier molecular flexibility index (Phi) is 4.29. The number of aliphatic hydroxyl groups is 1. The van der Waals surface area contributed by atoms with E-state index in [1.165, 1.54) is 12.1 Å². The summed E-state index contributed by atoms with van der Waals surface area (Å²) in [6, 6.07) is 3.68. The van der Waals surface area contributed by atoms with Crippen LogP contribution in [0.25, 0.3) is 0 Å². The fourth-order valence-electron chi connectivity index (χ4n) is 2.17. The van der Waals surface area contributed by atoms with Gasteiger partial charge in [-0.1, -0.05) is 6.92 Å². The van der Waals surface area contributed by atoms with Crippen molar-refractivity contribution in [1.29, 1.82) is 0 Å². The Morgan fingerprint density at radius 3 is 2.76 bits per heavy atom. The summed E-state index contributed by atoms with van der Waals surface area (Å²) in [6.07, 6.45) is -0.831. The molecule has 1 atom stereocenters. The molecule has 1 aliphatic rings. The standard InChI is InChI=1S/C13H15N3O5/c1-2-14-6-9(17)7-15-11-4-3-8(16(20)21)5-10(11)12(18)13(15)19/h3-5,9,14,17H,2,6-7H2,1H3. The highest BCUT2D eigenvalue weighted by Gasteiger charge is 2.37. The van der Waals surface area contributed by atoms with Crippen LogP contribution in [0.5, 0.6) is 0 Å². The Hall–Kier alpha value is -2.32. The fraction of sp³-hybridized carbons (Fsp3) is 0.385. The van der Waals surface area contributed by atoms with Gasteiger partial charge in [-0.15, -0.1) is 0 Å². The maximum absolute atomic E-state index is 11.9. The van der Waals surface area contributed by atoms with E-state index in [-0.39, 0.29) is 24.3 Å². The molecule has 0 radical (unpaired) electrons. The summed E-state index contributed by atoms with van der Waals surface area (Å²) in [7, 11) is 0. The maximum atomic E-state index is 11.9. The number of nitrogens with zero attached hydrogens (tertiary/aromatic N) is 2. The molecule has 1 amide bonds. The van der Waals surface area contributed by atoms with Crippen LogP contribution in [0.3, 0.4) is 0 Å². The summed E-state index contributed by atoms with van der Waals surface area (Å²) >= 11 is 0. The van der Waals surface area contributed by atoms with Crippen molar-refractivity contribution >= 4 is 23.1 Å².